The van der Waals surface area contributed by atoms with E-state index in [1.807, 2.05) is 4.72 Å². The summed E-state index contributed by atoms with van der Waals surface area (Å²) in [5.74, 6) is -0.513. The van der Waals surface area contributed by atoms with E-state index in [9.17, 15) is 30.4 Å². The molecule has 0 aliphatic rings. The van der Waals surface area contributed by atoms with Crippen molar-refractivity contribution in [1.82, 2.24) is 0 Å². The van der Waals surface area contributed by atoms with Gasteiger partial charge >= 0.3 is 12.8 Å². The number of nitrogens with one attached hydrogen (secondary N) is 1. The van der Waals surface area contributed by atoms with E-state index in [1.165, 1.54) is 12.1 Å². The minimum Gasteiger partial charge on any atom is -0.433 e. The lowest BCUT2D eigenvalue weighted by Gasteiger charge is -2.16. The Morgan fingerprint density at radius 2 is 1.54 bits per heavy atom. The van der Waals surface area contributed by atoms with Gasteiger partial charge in [0, 0.05) is 0 Å². The number of benzene rings is 2. The number of rotatable bonds is 5. The topological polar surface area (TPSA) is 55.4 Å². The second kappa shape index (κ2) is 6.63. The van der Waals surface area contributed by atoms with E-state index in [-0.39, 0.29) is 0 Å². The van der Waals surface area contributed by atoms with Gasteiger partial charge in [-0.1, -0.05) is 24.3 Å². The summed E-state index contributed by atoms with van der Waals surface area (Å²) in [5, 5.41) is 0. The average molecular weight is 367 g/mol. The van der Waals surface area contributed by atoms with Gasteiger partial charge in [-0.25, -0.2) is 8.42 Å². The fraction of sp³-hybridized carbons (Fsp3) is 0.143. The van der Waals surface area contributed by atoms with Crippen molar-refractivity contribution in [3.8, 4) is 5.75 Å². The molecule has 0 heterocycles. The molecule has 0 amide bonds. The fourth-order valence-corrected chi connectivity index (χ4v) is 3.18. The molecule has 2 rings (SSSR count). The number of ether oxygens (including phenoxy) is 1. The predicted molar refractivity (Wildman–Crippen MR) is 75.3 cm³/mol. The third-order valence-corrected chi connectivity index (χ3v) is 4.25. The van der Waals surface area contributed by atoms with E-state index in [4.69, 9.17) is 0 Å². The summed E-state index contributed by atoms with van der Waals surface area (Å²) in [6.07, 6.45) is -4.90. The molecule has 0 fully saturated rings. The third kappa shape index (κ3) is 4.13. The maximum absolute atomic E-state index is 13.0. The maximum Gasteiger partial charge on any atom is 0.417 e. The molecule has 0 saturated heterocycles. The quantitative estimate of drug-likeness (QED) is 0.810. The van der Waals surface area contributed by atoms with Crippen LogP contribution in [0.1, 0.15) is 5.56 Å². The molecule has 0 bridgehead atoms. The van der Waals surface area contributed by atoms with Crippen LogP contribution in [0.3, 0.4) is 0 Å². The van der Waals surface area contributed by atoms with Crippen molar-refractivity contribution in [2.45, 2.75) is 17.7 Å². The predicted octanol–water partition coefficient (Wildman–Crippen LogP) is 4.11. The number of sulfonamides is 1. The highest BCUT2D eigenvalue weighted by Crippen LogP contribution is 2.35. The van der Waals surface area contributed by atoms with Gasteiger partial charge in [0.05, 0.1) is 16.1 Å². The van der Waals surface area contributed by atoms with E-state index < -0.39 is 44.7 Å². The number of alkyl halides is 5. The zero-order chi connectivity index (χ0) is 18.0. The lowest BCUT2D eigenvalue weighted by Crippen LogP contribution is -2.19. The molecule has 0 atom stereocenters. The molecular formula is C14H10F5NO3S. The molecule has 4 nitrogen and oxygen atoms in total. The van der Waals surface area contributed by atoms with Crippen LogP contribution in [0, 0.1) is 0 Å². The molecule has 0 aromatic heterocycles. The third-order valence-electron chi connectivity index (χ3n) is 2.83. The Labute approximate surface area is 133 Å². The molecular weight excluding hydrogens is 357 g/mol. The van der Waals surface area contributed by atoms with Gasteiger partial charge < -0.3 is 4.74 Å². The Hall–Kier alpha value is -2.36. The summed E-state index contributed by atoms with van der Waals surface area (Å²) in [6.45, 7) is -3.22. The zero-order valence-electron chi connectivity index (χ0n) is 11.7. The second-order valence-corrected chi connectivity index (χ2v) is 6.12. The SMILES string of the molecule is O=S(=O)(Nc1ccccc1OC(F)F)c1ccccc1C(F)(F)F. The highest BCUT2D eigenvalue weighted by molar-refractivity contribution is 7.92. The second-order valence-electron chi connectivity index (χ2n) is 4.47. The number of halogens is 5. The summed E-state index contributed by atoms with van der Waals surface area (Å²) in [4.78, 5) is -1.02. The molecule has 130 valence electrons. The van der Waals surface area contributed by atoms with Crippen molar-refractivity contribution < 1.29 is 35.1 Å². The monoisotopic (exact) mass is 367 g/mol. The van der Waals surface area contributed by atoms with Gasteiger partial charge in [-0.3, -0.25) is 4.72 Å². The number of hydrogen-bond donors (Lipinski definition) is 1. The largest absolute Gasteiger partial charge is 0.433 e. The smallest absolute Gasteiger partial charge is 0.417 e. The van der Waals surface area contributed by atoms with E-state index in [2.05, 4.69) is 4.74 Å². The lowest BCUT2D eigenvalue weighted by atomic mass is 10.2. The Kier molecular flexibility index (Phi) is 4.97. The van der Waals surface area contributed by atoms with Crippen LogP contribution >= 0.6 is 0 Å². The molecule has 10 heteroatoms. The van der Waals surface area contributed by atoms with Crippen LogP contribution < -0.4 is 9.46 Å². The van der Waals surface area contributed by atoms with Crippen LogP contribution in [0.2, 0.25) is 0 Å². The van der Waals surface area contributed by atoms with Crippen molar-refractivity contribution in [2.24, 2.45) is 0 Å². The Balaban J connectivity index is 2.45. The van der Waals surface area contributed by atoms with Crippen LogP contribution in [0.15, 0.2) is 53.4 Å². The molecule has 0 aliphatic carbocycles. The summed E-state index contributed by atoms with van der Waals surface area (Å²) in [6, 6.07) is 8.29. The van der Waals surface area contributed by atoms with Crippen molar-refractivity contribution in [3.05, 3.63) is 54.1 Å². The summed E-state index contributed by atoms with van der Waals surface area (Å²) in [7, 11) is -4.68. The molecule has 0 spiro atoms. The summed E-state index contributed by atoms with van der Waals surface area (Å²) < 4.78 is 94.0. The minimum atomic E-state index is -4.90. The van der Waals surface area contributed by atoms with Crippen molar-refractivity contribution in [1.29, 1.82) is 0 Å². The molecule has 0 unspecified atom stereocenters. The van der Waals surface area contributed by atoms with E-state index in [0.717, 1.165) is 30.3 Å². The first kappa shape index (κ1) is 18.0. The van der Waals surface area contributed by atoms with Crippen molar-refractivity contribution >= 4 is 15.7 Å². The molecule has 0 radical (unpaired) electrons. The summed E-state index contributed by atoms with van der Waals surface area (Å²) >= 11 is 0. The zero-order valence-corrected chi connectivity index (χ0v) is 12.5. The van der Waals surface area contributed by atoms with Gasteiger partial charge in [-0.2, -0.15) is 22.0 Å². The van der Waals surface area contributed by atoms with Crippen molar-refractivity contribution in [2.75, 3.05) is 4.72 Å². The first-order chi connectivity index (χ1) is 11.1. The molecule has 2 aromatic carbocycles. The Morgan fingerprint density at radius 1 is 0.958 bits per heavy atom. The number of hydrogen-bond acceptors (Lipinski definition) is 3. The van der Waals surface area contributed by atoms with Crippen LogP contribution in [0.25, 0.3) is 0 Å². The first-order valence-corrected chi connectivity index (χ1v) is 7.82. The number of para-hydroxylation sites is 2. The van der Waals surface area contributed by atoms with Crippen LogP contribution in [-0.4, -0.2) is 15.0 Å². The molecule has 0 saturated carbocycles. The lowest BCUT2D eigenvalue weighted by molar-refractivity contribution is -0.139. The van der Waals surface area contributed by atoms with E-state index in [0.29, 0.717) is 6.07 Å². The minimum absolute atomic E-state index is 0.408. The van der Waals surface area contributed by atoms with Crippen LogP contribution in [0.5, 0.6) is 5.75 Å². The number of anilines is 1. The first-order valence-electron chi connectivity index (χ1n) is 6.34. The molecule has 0 aliphatic heterocycles. The molecule has 2 aromatic rings. The van der Waals surface area contributed by atoms with Crippen LogP contribution in [0.4, 0.5) is 27.6 Å². The Morgan fingerprint density at radius 3 is 2.17 bits per heavy atom. The maximum atomic E-state index is 13.0. The highest BCUT2D eigenvalue weighted by atomic mass is 32.2. The summed E-state index contributed by atoms with van der Waals surface area (Å²) in [5.41, 5.74) is -1.78. The van der Waals surface area contributed by atoms with Gasteiger partial charge in [0.15, 0.2) is 0 Å². The van der Waals surface area contributed by atoms with Gasteiger partial charge in [-0.05, 0) is 24.3 Å². The highest BCUT2D eigenvalue weighted by Gasteiger charge is 2.37. The normalized spacial score (nSPS) is 12.2. The van der Waals surface area contributed by atoms with E-state index >= 15 is 0 Å². The average Bonchev–Trinajstić information content (AvgIpc) is 2.48. The van der Waals surface area contributed by atoms with Gasteiger partial charge in [-0.15, -0.1) is 0 Å². The van der Waals surface area contributed by atoms with Crippen molar-refractivity contribution in [3.63, 3.8) is 0 Å². The van der Waals surface area contributed by atoms with Gasteiger partial charge in [0.1, 0.15) is 5.75 Å². The molecule has 1 N–H and O–H groups in total. The molecule has 24 heavy (non-hydrogen) atoms. The van der Waals surface area contributed by atoms with Gasteiger partial charge in [0.2, 0.25) is 0 Å². The van der Waals surface area contributed by atoms with Gasteiger partial charge in [0.25, 0.3) is 10.0 Å². The standard InChI is InChI=1S/C14H10F5NO3S/c15-13(16)23-11-7-3-2-6-10(11)20-24(21,22)12-8-4-1-5-9(12)14(17,18)19/h1-8,13,20H. The Bertz CT molecular complexity index is 821. The fourth-order valence-electron chi connectivity index (χ4n) is 1.88. The van der Waals surface area contributed by atoms with E-state index in [1.54, 1.807) is 0 Å². The van der Waals surface area contributed by atoms with Crippen LogP contribution in [-0.2, 0) is 16.2 Å².